The lowest BCUT2D eigenvalue weighted by molar-refractivity contribution is -0.273. The molecule has 0 aromatic heterocycles. The van der Waals surface area contributed by atoms with E-state index in [1.807, 2.05) is 6.07 Å². The summed E-state index contributed by atoms with van der Waals surface area (Å²) in [5.41, 5.74) is 1.20. The van der Waals surface area contributed by atoms with Gasteiger partial charge in [-0.05, 0) is 12.0 Å². The molecule has 1 aromatic carbocycles. The van der Waals surface area contributed by atoms with Crippen molar-refractivity contribution < 1.29 is 18.9 Å². The van der Waals surface area contributed by atoms with Crippen molar-refractivity contribution in [1.29, 1.82) is 0 Å². The monoisotopic (exact) mass is 349 g/mol. The van der Waals surface area contributed by atoms with E-state index < -0.39 is 0 Å². The Bertz CT molecular complexity index is 506. The van der Waals surface area contributed by atoms with Gasteiger partial charge in [-0.1, -0.05) is 44.2 Å². The summed E-state index contributed by atoms with van der Waals surface area (Å²) in [7, 11) is 1.73. The highest BCUT2D eigenvalue weighted by Gasteiger charge is 2.47. The van der Waals surface area contributed by atoms with Gasteiger partial charge in [-0.2, -0.15) is 0 Å². The summed E-state index contributed by atoms with van der Waals surface area (Å²) in [5, 5.41) is 0. The zero-order valence-corrected chi connectivity index (χ0v) is 15.6. The maximum absolute atomic E-state index is 6.47. The Morgan fingerprint density at radius 3 is 2.52 bits per heavy atom. The lowest BCUT2D eigenvalue weighted by Crippen LogP contribution is -2.63. The molecule has 2 aliphatic rings. The normalized spacial score (nSPS) is 34.1. The minimum Gasteiger partial charge on any atom is -0.379 e. The molecule has 0 saturated carbocycles. The van der Waals surface area contributed by atoms with E-state index in [-0.39, 0.29) is 24.5 Å². The Kier molecular flexibility index (Phi) is 6.84. The van der Waals surface area contributed by atoms with Gasteiger partial charge >= 0.3 is 0 Å². The number of benzene rings is 1. The third-order valence-corrected chi connectivity index (χ3v) is 5.42. The molecule has 0 radical (unpaired) electrons. The van der Waals surface area contributed by atoms with Crippen LogP contribution in [0.5, 0.6) is 0 Å². The molecule has 5 atom stereocenters. The van der Waals surface area contributed by atoms with E-state index >= 15 is 0 Å². The minimum absolute atomic E-state index is 0.0713. The van der Waals surface area contributed by atoms with Crippen LogP contribution >= 0.6 is 0 Å². The lowest BCUT2D eigenvalue weighted by Gasteiger charge is -2.49. The van der Waals surface area contributed by atoms with Crippen LogP contribution in [-0.4, -0.2) is 62.9 Å². The topological polar surface area (TPSA) is 40.2 Å². The first-order chi connectivity index (χ1) is 12.2. The SMILES string of the molecule is CC[C@H]1O[C@@H](OC)[C@@H](N2CCOCC2)[C@@H](OCc2ccccc2)[C@H]1C. The Hall–Kier alpha value is -0.980. The van der Waals surface area contributed by atoms with Gasteiger partial charge in [0.1, 0.15) is 0 Å². The Labute approximate surface area is 151 Å². The highest BCUT2D eigenvalue weighted by molar-refractivity contribution is 5.13. The van der Waals surface area contributed by atoms with Crippen LogP contribution in [0.3, 0.4) is 0 Å². The van der Waals surface area contributed by atoms with Gasteiger partial charge in [0, 0.05) is 26.1 Å². The van der Waals surface area contributed by atoms with Gasteiger partial charge < -0.3 is 18.9 Å². The summed E-state index contributed by atoms with van der Waals surface area (Å²) in [6.45, 7) is 8.31. The first kappa shape index (κ1) is 18.8. The predicted octanol–water partition coefficient (Wildman–Crippen LogP) is 2.69. The molecule has 0 amide bonds. The number of hydrogen-bond acceptors (Lipinski definition) is 5. The van der Waals surface area contributed by atoms with Crippen LogP contribution in [0.4, 0.5) is 0 Å². The second-order valence-electron chi connectivity index (χ2n) is 6.95. The maximum atomic E-state index is 6.47. The second kappa shape index (κ2) is 9.10. The molecular formula is C20H31NO4. The molecule has 3 rings (SSSR count). The molecule has 5 nitrogen and oxygen atoms in total. The molecule has 25 heavy (non-hydrogen) atoms. The largest absolute Gasteiger partial charge is 0.379 e. The number of hydrogen-bond donors (Lipinski definition) is 0. The van der Waals surface area contributed by atoms with Crippen LogP contribution in [0.25, 0.3) is 0 Å². The minimum atomic E-state index is -0.264. The van der Waals surface area contributed by atoms with Crippen molar-refractivity contribution in [3.8, 4) is 0 Å². The van der Waals surface area contributed by atoms with E-state index in [0.29, 0.717) is 12.5 Å². The first-order valence-corrected chi connectivity index (χ1v) is 9.40. The standard InChI is InChI=1S/C20H31NO4/c1-4-17-15(2)19(24-14-16-8-6-5-7-9-16)18(20(22-3)25-17)21-10-12-23-13-11-21/h5-9,15,17-20H,4,10-14H2,1-3H3/t15-,17+,18-,19-,20+/m0/s1. The predicted molar refractivity (Wildman–Crippen MR) is 96.3 cm³/mol. The van der Waals surface area contributed by atoms with E-state index in [4.69, 9.17) is 18.9 Å². The van der Waals surface area contributed by atoms with Gasteiger partial charge in [0.2, 0.25) is 0 Å². The van der Waals surface area contributed by atoms with E-state index in [1.54, 1.807) is 7.11 Å². The lowest BCUT2D eigenvalue weighted by atomic mass is 9.86. The van der Waals surface area contributed by atoms with Gasteiger partial charge in [0.05, 0.1) is 38.1 Å². The van der Waals surface area contributed by atoms with E-state index in [2.05, 4.69) is 43.0 Å². The molecule has 2 fully saturated rings. The molecule has 0 unspecified atom stereocenters. The molecule has 1 aromatic rings. The number of rotatable bonds is 6. The number of methoxy groups -OCH3 is 1. The average molecular weight is 349 g/mol. The van der Waals surface area contributed by atoms with Crippen LogP contribution in [0.1, 0.15) is 25.8 Å². The molecule has 0 aliphatic carbocycles. The summed E-state index contributed by atoms with van der Waals surface area (Å²) >= 11 is 0. The summed E-state index contributed by atoms with van der Waals surface area (Å²) in [4.78, 5) is 2.41. The molecule has 0 bridgehead atoms. The summed E-state index contributed by atoms with van der Waals surface area (Å²) in [6, 6.07) is 10.5. The zero-order chi connectivity index (χ0) is 17.6. The molecule has 0 spiro atoms. The second-order valence-corrected chi connectivity index (χ2v) is 6.95. The fourth-order valence-corrected chi connectivity index (χ4v) is 3.99. The van der Waals surface area contributed by atoms with Crippen LogP contribution in [-0.2, 0) is 25.6 Å². The maximum Gasteiger partial charge on any atom is 0.175 e. The van der Waals surface area contributed by atoms with Crippen molar-refractivity contribution in [3.05, 3.63) is 35.9 Å². The van der Waals surface area contributed by atoms with E-state index in [1.165, 1.54) is 5.56 Å². The van der Waals surface area contributed by atoms with E-state index in [0.717, 1.165) is 32.7 Å². The first-order valence-electron chi connectivity index (χ1n) is 9.40. The van der Waals surface area contributed by atoms with Crippen molar-refractivity contribution in [1.82, 2.24) is 4.90 Å². The molecule has 0 N–H and O–H groups in total. The van der Waals surface area contributed by atoms with Crippen molar-refractivity contribution in [2.24, 2.45) is 5.92 Å². The van der Waals surface area contributed by atoms with Gasteiger partial charge in [-0.3, -0.25) is 4.90 Å². The molecule has 2 saturated heterocycles. The molecule has 5 heteroatoms. The van der Waals surface area contributed by atoms with Crippen molar-refractivity contribution in [3.63, 3.8) is 0 Å². The van der Waals surface area contributed by atoms with Crippen molar-refractivity contribution >= 4 is 0 Å². The summed E-state index contributed by atoms with van der Waals surface area (Å²) in [5.74, 6) is 0.313. The Balaban J connectivity index is 1.78. The van der Waals surface area contributed by atoms with Gasteiger partial charge in [-0.25, -0.2) is 0 Å². The molecule has 2 heterocycles. The fourth-order valence-electron chi connectivity index (χ4n) is 3.99. The van der Waals surface area contributed by atoms with Crippen LogP contribution < -0.4 is 0 Å². The average Bonchev–Trinajstić information content (AvgIpc) is 2.68. The van der Waals surface area contributed by atoms with Gasteiger partial charge in [-0.15, -0.1) is 0 Å². The number of ether oxygens (including phenoxy) is 4. The van der Waals surface area contributed by atoms with Crippen LogP contribution in [0.15, 0.2) is 30.3 Å². The fraction of sp³-hybridized carbons (Fsp3) is 0.700. The highest BCUT2D eigenvalue weighted by atomic mass is 16.7. The van der Waals surface area contributed by atoms with Crippen LogP contribution in [0.2, 0.25) is 0 Å². The van der Waals surface area contributed by atoms with Crippen LogP contribution in [0, 0.1) is 5.92 Å². The third-order valence-electron chi connectivity index (χ3n) is 5.42. The van der Waals surface area contributed by atoms with Gasteiger partial charge in [0.25, 0.3) is 0 Å². The Morgan fingerprint density at radius 1 is 1.16 bits per heavy atom. The highest BCUT2D eigenvalue weighted by Crippen LogP contribution is 2.34. The van der Waals surface area contributed by atoms with E-state index in [9.17, 15) is 0 Å². The third kappa shape index (κ3) is 4.41. The molecule has 140 valence electrons. The number of morpholine rings is 1. The summed E-state index contributed by atoms with van der Waals surface area (Å²) < 4.78 is 24.0. The quantitative estimate of drug-likeness (QED) is 0.790. The van der Waals surface area contributed by atoms with Crippen molar-refractivity contribution in [2.45, 2.75) is 51.4 Å². The van der Waals surface area contributed by atoms with Crippen molar-refractivity contribution in [2.75, 3.05) is 33.4 Å². The smallest absolute Gasteiger partial charge is 0.175 e. The summed E-state index contributed by atoms with van der Waals surface area (Å²) in [6.07, 6.45) is 0.923. The number of nitrogens with zero attached hydrogens (tertiary/aromatic N) is 1. The molecular weight excluding hydrogens is 318 g/mol. The zero-order valence-electron chi connectivity index (χ0n) is 15.6. The molecule has 2 aliphatic heterocycles. The Morgan fingerprint density at radius 2 is 1.88 bits per heavy atom. The van der Waals surface area contributed by atoms with Gasteiger partial charge in [0.15, 0.2) is 6.29 Å².